The van der Waals surface area contributed by atoms with Crippen LogP contribution in [0.25, 0.3) is 0 Å². The zero-order valence-corrected chi connectivity index (χ0v) is 12.2. The minimum atomic E-state index is -0.400. The lowest BCUT2D eigenvalue weighted by Crippen LogP contribution is -2.43. The van der Waals surface area contributed by atoms with Crippen LogP contribution in [0.1, 0.15) is 25.3 Å². The minimum absolute atomic E-state index is 0. The maximum absolute atomic E-state index is 12.2. The number of benzene rings is 1. The van der Waals surface area contributed by atoms with Gasteiger partial charge in [0.2, 0.25) is 5.91 Å². The van der Waals surface area contributed by atoms with Crippen LogP contribution < -0.4 is 5.73 Å². The van der Waals surface area contributed by atoms with Gasteiger partial charge in [0.15, 0.2) is 0 Å². The van der Waals surface area contributed by atoms with Gasteiger partial charge in [-0.25, -0.2) is 0 Å². The van der Waals surface area contributed by atoms with Crippen LogP contribution in [-0.4, -0.2) is 29.9 Å². The molecular weight excluding hydrogens is 260 g/mol. The SMILES string of the molecule is CCC1CCN(C(=O)C(N)Cc2ccccc2)C1.Cl. The Labute approximate surface area is 121 Å². The van der Waals surface area contributed by atoms with Crippen LogP contribution in [0.4, 0.5) is 0 Å². The van der Waals surface area contributed by atoms with Gasteiger partial charge in [0.25, 0.3) is 0 Å². The van der Waals surface area contributed by atoms with Crippen molar-refractivity contribution in [3.05, 3.63) is 35.9 Å². The Balaban J connectivity index is 0.00000180. The molecule has 1 heterocycles. The van der Waals surface area contributed by atoms with E-state index in [0.29, 0.717) is 12.3 Å². The van der Waals surface area contributed by atoms with Gasteiger partial charge in [0.05, 0.1) is 6.04 Å². The average Bonchev–Trinajstić information content (AvgIpc) is 2.87. The third-order valence-electron chi connectivity index (χ3n) is 3.79. The summed E-state index contributed by atoms with van der Waals surface area (Å²) in [4.78, 5) is 14.1. The van der Waals surface area contributed by atoms with Gasteiger partial charge >= 0.3 is 0 Å². The average molecular weight is 283 g/mol. The molecule has 2 unspecified atom stereocenters. The first-order chi connectivity index (χ1) is 8.70. The number of hydrogen-bond donors (Lipinski definition) is 1. The first-order valence-corrected chi connectivity index (χ1v) is 6.79. The highest BCUT2D eigenvalue weighted by Crippen LogP contribution is 2.19. The van der Waals surface area contributed by atoms with Crippen molar-refractivity contribution in [3.63, 3.8) is 0 Å². The van der Waals surface area contributed by atoms with Gasteiger partial charge in [0, 0.05) is 13.1 Å². The standard InChI is InChI=1S/C15H22N2O.ClH/c1-2-12-8-9-17(11-12)15(18)14(16)10-13-6-4-3-5-7-13;/h3-7,12,14H,2,8-11,16H2,1H3;1H. The summed E-state index contributed by atoms with van der Waals surface area (Å²) in [6.07, 6.45) is 2.91. The molecule has 1 fully saturated rings. The fourth-order valence-electron chi connectivity index (χ4n) is 2.56. The molecule has 2 N–H and O–H groups in total. The summed E-state index contributed by atoms with van der Waals surface area (Å²) in [5, 5.41) is 0. The Morgan fingerprint density at radius 1 is 1.42 bits per heavy atom. The number of rotatable bonds is 4. The molecular formula is C15H23ClN2O. The van der Waals surface area contributed by atoms with Crippen molar-refractivity contribution < 1.29 is 4.79 Å². The van der Waals surface area contributed by atoms with E-state index in [0.717, 1.165) is 31.5 Å². The minimum Gasteiger partial charge on any atom is -0.341 e. The lowest BCUT2D eigenvalue weighted by atomic mass is 10.1. The zero-order valence-electron chi connectivity index (χ0n) is 11.4. The molecule has 1 aromatic carbocycles. The quantitative estimate of drug-likeness (QED) is 0.921. The Kier molecular flexibility index (Phi) is 6.32. The van der Waals surface area contributed by atoms with Gasteiger partial charge in [-0.1, -0.05) is 43.7 Å². The van der Waals surface area contributed by atoms with Crippen LogP contribution >= 0.6 is 12.4 Å². The Morgan fingerprint density at radius 3 is 2.68 bits per heavy atom. The molecule has 0 bridgehead atoms. The van der Waals surface area contributed by atoms with E-state index in [2.05, 4.69) is 6.92 Å². The molecule has 19 heavy (non-hydrogen) atoms. The van der Waals surface area contributed by atoms with Crippen molar-refractivity contribution >= 4 is 18.3 Å². The van der Waals surface area contributed by atoms with Crippen molar-refractivity contribution in [3.8, 4) is 0 Å². The van der Waals surface area contributed by atoms with E-state index in [-0.39, 0.29) is 18.3 Å². The van der Waals surface area contributed by atoms with E-state index in [9.17, 15) is 4.79 Å². The number of carbonyl (C=O) groups excluding carboxylic acids is 1. The Morgan fingerprint density at radius 2 is 2.11 bits per heavy atom. The van der Waals surface area contributed by atoms with Crippen molar-refractivity contribution in [2.24, 2.45) is 11.7 Å². The fraction of sp³-hybridized carbons (Fsp3) is 0.533. The summed E-state index contributed by atoms with van der Waals surface area (Å²) in [5.41, 5.74) is 7.15. The van der Waals surface area contributed by atoms with E-state index in [4.69, 9.17) is 5.73 Å². The third kappa shape index (κ3) is 4.22. The molecule has 3 nitrogen and oxygen atoms in total. The number of nitrogens with two attached hydrogens (primary N) is 1. The predicted molar refractivity (Wildman–Crippen MR) is 80.3 cm³/mol. The highest BCUT2D eigenvalue weighted by Gasteiger charge is 2.28. The molecule has 0 saturated carbocycles. The normalized spacial score (nSPS) is 19.9. The summed E-state index contributed by atoms with van der Waals surface area (Å²) in [6, 6.07) is 9.58. The molecule has 1 saturated heterocycles. The Bertz CT molecular complexity index is 396. The van der Waals surface area contributed by atoms with E-state index < -0.39 is 6.04 Å². The van der Waals surface area contributed by atoms with Gasteiger partial charge in [-0.3, -0.25) is 4.79 Å². The largest absolute Gasteiger partial charge is 0.341 e. The molecule has 1 aliphatic heterocycles. The van der Waals surface area contributed by atoms with E-state index in [1.165, 1.54) is 0 Å². The van der Waals surface area contributed by atoms with Crippen molar-refractivity contribution in [1.82, 2.24) is 4.90 Å². The summed E-state index contributed by atoms with van der Waals surface area (Å²) in [7, 11) is 0. The molecule has 1 aromatic rings. The van der Waals surface area contributed by atoms with Gasteiger partial charge in [-0.05, 0) is 24.3 Å². The molecule has 1 aliphatic rings. The number of halogens is 1. The van der Waals surface area contributed by atoms with Gasteiger partial charge in [-0.2, -0.15) is 0 Å². The van der Waals surface area contributed by atoms with Crippen molar-refractivity contribution in [2.75, 3.05) is 13.1 Å². The van der Waals surface area contributed by atoms with E-state index in [1.54, 1.807) is 0 Å². The fourth-order valence-corrected chi connectivity index (χ4v) is 2.56. The van der Waals surface area contributed by atoms with Crippen molar-refractivity contribution in [2.45, 2.75) is 32.2 Å². The maximum Gasteiger partial charge on any atom is 0.239 e. The topological polar surface area (TPSA) is 46.3 Å². The summed E-state index contributed by atoms with van der Waals surface area (Å²) in [5.74, 6) is 0.771. The highest BCUT2D eigenvalue weighted by atomic mass is 35.5. The second-order valence-electron chi connectivity index (χ2n) is 5.14. The molecule has 0 aliphatic carbocycles. The molecule has 2 atom stereocenters. The van der Waals surface area contributed by atoms with Gasteiger partial charge in [0.1, 0.15) is 0 Å². The number of nitrogens with zero attached hydrogens (tertiary/aromatic N) is 1. The molecule has 4 heteroatoms. The van der Waals surface area contributed by atoms with Gasteiger partial charge < -0.3 is 10.6 Å². The number of amides is 1. The number of hydrogen-bond acceptors (Lipinski definition) is 2. The van der Waals surface area contributed by atoms with Crippen LogP contribution in [-0.2, 0) is 11.2 Å². The smallest absolute Gasteiger partial charge is 0.239 e. The van der Waals surface area contributed by atoms with Crippen LogP contribution in [0.2, 0.25) is 0 Å². The first-order valence-electron chi connectivity index (χ1n) is 6.79. The molecule has 1 amide bonds. The Hall–Kier alpha value is -1.06. The maximum atomic E-state index is 12.2. The lowest BCUT2D eigenvalue weighted by molar-refractivity contribution is -0.131. The molecule has 2 rings (SSSR count). The predicted octanol–water partition coefficient (Wildman–Crippen LogP) is 2.24. The summed E-state index contributed by atoms with van der Waals surface area (Å²) in [6.45, 7) is 3.94. The van der Waals surface area contributed by atoms with Crippen LogP contribution in [0.3, 0.4) is 0 Å². The van der Waals surface area contributed by atoms with Gasteiger partial charge in [-0.15, -0.1) is 12.4 Å². The monoisotopic (exact) mass is 282 g/mol. The molecule has 106 valence electrons. The van der Waals surface area contributed by atoms with Crippen LogP contribution in [0, 0.1) is 5.92 Å². The summed E-state index contributed by atoms with van der Waals surface area (Å²) >= 11 is 0. The van der Waals surface area contributed by atoms with E-state index in [1.807, 2.05) is 35.2 Å². The molecule has 0 aromatic heterocycles. The number of carbonyl (C=O) groups is 1. The second-order valence-corrected chi connectivity index (χ2v) is 5.14. The zero-order chi connectivity index (χ0) is 13.0. The summed E-state index contributed by atoms with van der Waals surface area (Å²) < 4.78 is 0. The van der Waals surface area contributed by atoms with Crippen molar-refractivity contribution in [1.29, 1.82) is 0 Å². The molecule has 0 radical (unpaired) electrons. The highest BCUT2D eigenvalue weighted by molar-refractivity contribution is 5.85. The number of likely N-dealkylation sites (tertiary alicyclic amines) is 1. The third-order valence-corrected chi connectivity index (χ3v) is 3.79. The first kappa shape index (κ1) is 16.0. The van der Waals surface area contributed by atoms with Crippen LogP contribution in [0.15, 0.2) is 30.3 Å². The van der Waals surface area contributed by atoms with E-state index >= 15 is 0 Å². The van der Waals surface area contributed by atoms with Crippen LogP contribution in [0.5, 0.6) is 0 Å². The second kappa shape index (κ2) is 7.51. The molecule has 0 spiro atoms. The lowest BCUT2D eigenvalue weighted by Gasteiger charge is -2.21.